The molecule has 2 aliphatic carbocycles. The number of hydrogen-bond acceptors (Lipinski definition) is 6. The molecule has 0 aromatic heterocycles. The fraction of sp³-hybridized carbons (Fsp3) is 0.500. The molecule has 1 aromatic carbocycles. The molecular weight excluding hydrogens is 542 g/mol. The van der Waals surface area contributed by atoms with E-state index in [4.69, 9.17) is 5.73 Å². The molecular formula is C30H43N5O5S. The second-order valence-electron chi connectivity index (χ2n) is 11.5. The summed E-state index contributed by atoms with van der Waals surface area (Å²) in [6, 6.07) is 9.27. The Morgan fingerprint density at radius 2 is 1.73 bits per heavy atom. The van der Waals surface area contributed by atoms with E-state index in [0.717, 1.165) is 36.8 Å². The first-order chi connectivity index (χ1) is 19.3. The fourth-order valence-electron chi connectivity index (χ4n) is 6.12. The number of sulfonamides is 1. The van der Waals surface area contributed by atoms with E-state index in [1.165, 1.54) is 6.08 Å². The molecule has 1 aromatic rings. The van der Waals surface area contributed by atoms with Gasteiger partial charge >= 0.3 is 6.03 Å². The first-order valence-corrected chi connectivity index (χ1v) is 15.7. The number of hydrogen-bond donors (Lipinski definition) is 5. The van der Waals surface area contributed by atoms with Crippen LogP contribution in [0.1, 0.15) is 64.9 Å². The Morgan fingerprint density at radius 1 is 1.07 bits per heavy atom. The predicted octanol–water partition coefficient (Wildman–Crippen LogP) is 3.30. The number of Topliss-reactive ketones (excluding diaryl/α,β-unsaturated/α-hetero) is 1. The quantitative estimate of drug-likeness (QED) is 0.157. The van der Waals surface area contributed by atoms with Crippen molar-refractivity contribution in [3.63, 3.8) is 0 Å². The highest BCUT2D eigenvalue weighted by molar-refractivity contribution is 7.89. The predicted molar refractivity (Wildman–Crippen MR) is 160 cm³/mol. The van der Waals surface area contributed by atoms with E-state index in [0.29, 0.717) is 31.6 Å². The third-order valence-electron chi connectivity index (χ3n) is 8.28. The van der Waals surface area contributed by atoms with Gasteiger partial charge in [0.1, 0.15) is 5.82 Å². The van der Waals surface area contributed by atoms with Gasteiger partial charge in [-0.1, -0.05) is 63.6 Å². The van der Waals surface area contributed by atoms with Crippen LogP contribution in [0.3, 0.4) is 0 Å². The molecule has 2 aliphatic rings. The van der Waals surface area contributed by atoms with Gasteiger partial charge in [0.15, 0.2) is 5.78 Å². The maximum atomic E-state index is 13.6. The van der Waals surface area contributed by atoms with Gasteiger partial charge in [0, 0.05) is 30.4 Å². The Morgan fingerprint density at radius 3 is 2.39 bits per heavy atom. The summed E-state index contributed by atoms with van der Waals surface area (Å²) >= 11 is 0. The van der Waals surface area contributed by atoms with Gasteiger partial charge in [-0.25, -0.2) is 17.9 Å². The smallest absolute Gasteiger partial charge is 0.320 e. The molecule has 2 atom stereocenters. The zero-order valence-electron chi connectivity index (χ0n) is 24.2. The van der Waals surface area contributed by atoms with Gasteiger partial charge in [0.05, 0.1) is 11.2 Å². The summed E-state index contributed by atoms with van der Waals surface area (Å²) < 4.78 is 28.9. The summed E-state index contributed by atoms with van der Waals surface area (Å²) in [5, 5.41) is 7.99. The maximum Gasteiger partial charge on any atom is 0.320 e. The van der Waals surface area contributed by atoms with E-state index in [2.05, 4.69) is 27.3 Å². The molecule has 0 spiro atoms. The van der Waals surface area contributed by atoms with E-state index in [9.17, 15) is 22.8 Å². The second-order valence-corrected chi connectivity index (χ2v) is 13.3. The van der Waals surface area contributed by atoms with E-state index in [1.807, 2.05) is 50.3 Å². The molecule has 224 valence electrons. The minimum absolute atomic E-state index is 0.0267. The number of carbonyl (C=O) groups is 3. The topological polar surface area (TPSA) is 159 Å². The van der Waals surface area contributed by atoms with Crippen molar-refractivity contribution in [2.24, 2.45) is 22.5 Å². The lowest BCUT2D eigenvalue weighted by Gasteiger charge is -2.35. The minimum Gasteiger partial charge on any atom is -0.366 e. The number of rotatable bonds is 15. The molecule has 0 heterocycles. The number of nitrogens with two attached hydrogens (primary N) is 1. The molecule has 2 fully saturated rings. The third kappa shape index (κ3) is 8.07. The molecule has 0 saturated heterocycles. The lowest BCUT2D eigenvalue weighted by Crippen LogP contribution is -2.45. The summed E-state index contributed by atoms with van der Waals surface area (Å²) in [5.41, 5.74) is 5.89. The van der Waals surface area contributed by atoms with Gasteiger partial charge in [-0.05, 0) is 55.6 Å². The molecule has 3 amide bonds. The number of carbonyl (C=O) groups excluding carboxylic acids is 3. The molecule has 6 N–H and O–H groups in total. The monoisotopic (exact) mass is 585 g/mol. The second kappa shape index (κ2) is 13.5. The van der Waals surface area contributed by atoms with Crippen LogP contribution in [0.15, 0.2) is 60.1 Å². The first kappa shape index (κ1) is 32.1. The normalized spacial score (nSPS) is 22.5. The number of urea groups is 1. The van der Waals surface area contributed by atoms with E-state index < -0.39 is 32.8 Å². The lowest BCUT2D eigenvalue weighted by atomic mass is 9.70. The Hall–Kier alpha value is -3.44. The summed E-state index contributed by atoms with van der Waals surface area (Å²) in [7, 11) is -3.65. The molecule has 3 rings (SSSR count). The summed E-state index contributed by atoms with van der Waals surface area (Å²) in [4.78, 5) is 36.4. The molecule has 0 aliphatic heterocycles. The van der Waals surface area contributed by atoms with E-state index in [1.54, 1.807) is 6.92 Å². The average Bonchev–Trinajstić information content (AvgIpc) is 3.20. The standard InChI is InChI=1S/C30H43N5O5S/c1-21(18-26(31)36)34-22(2)35-28(38)32-16-10-5-6-11-17-33-41(39,40)20-30-15-14-25(29(30,3)4)24(27(30)37)19-23-12-8-7-9-13-23/h7-9,12-13,18-19,25,33-34H,2,5-6,10-11,14-17,20H2,1,3-4H3,(H2,31,36)(H2,32,35,38)/b21-18-,24-19+. The third-order valence-corrected chi connectivity index (χ3v) is 9.79. The fourth-order valence-corrected chi connectivity index (χ4v) is 7.97. The van der Waals surface area contributed by atoms with Crippen molar-refractivity contribution >= 4 is 33.8 Å². The highest BCUT2D eigenvalue weighted by atomic mass is 32.2. The molecule has 10 nitrogen and oxygen atoms in total. The SMILES string of the molecule is C=C(NC(=O)NCCCCCCNS(=O)(=O)CC12CCC(/C(=C\c3ccccc3)C1=O)C2(C)C)N/C(C)=C\C(N)=O. The zero-order chi connectivity index (χ0) is 30.3. The van der Waals surface area contributed by atoms with Crippen molar-refractivity contribution in [3.05, 3.63) is 65.6 Å². The van der Waals surface area contributed by atoms with Crippen LogP contribution >= 0.6 is 0 Å². The van der Waals surface area contributed by atoms with Gasteiger partial charge in [0.25, 0.3) is 0 Å². The maximum absolute atomic E-state index is 13.6. The number of primary amides is 1. The first-order valence-electron chi connectivity index (χ1n) is 14.0. The van der Waals surface area contributed by atoms with Crippen molar-refractivity contribution in [2.75, 3.05) is 18.8 Å². The molecule has 2 unspecified atom stereocenters. The number of ketones is 1. The van der Waals surface area contributed by atoms with Crippen LogP contribution in [0.5, 0.6) is 0 Å². The van der Waals surface area contributed by atoms with Crippen LogP contribution in [-0.4, -0.2) is 45.0 Å². The Bertz CT molecular complexity index is 1320. The van der Waals surface area contributed by atoms with Gasteiger partial charge in [-0.3, -0.25) is 14.9 Å². The van der Waals surface area contributed by atoms with Gasteiger partial charge < -0.3 is 16.4 Å². The molecule has 41 heavy (non-hydrogen) atoms. The van der Waals surface area contributed by atoms with Crippen molar-refractivity contribution in [1.29, 1.82) is 0 Å². The number of benzene rings is 1. The highest BCUT2D eigenvalue weighted by Gasteiger charge is 2.67. The van der Waals surface area contributed by atoms with E-state index in [-0.39, 0.29) is 23.3 Å². The van der Waals surface area contributed by atoms with Crippen LogP contribution in [-0.2, 0) is 19.6 Å². The molecule has 0 radical (unpaired) electrons. The molecule has 2 bridgehead atoms. The van der Waals surface area contributed by atoms with E-state index >= 15 is 0 Å². The molecule has 2 saturated carbocycles. The number of allylic oxidation sites excluding steroid dienone is 2. The summed E-state index contributed by atoms with van der Waals surface area (Å²) in [5.74, 6) is -0.557. The van der Waals surface area contributed by atoms with Crippen molar-refractivity contribution in [3.8, 4) is 0 Å². The summed E-state index contributed by atoms with van der Waals surface area (Å²) in [6.07, 6.45) is 7.51. The lowest BCUT2D eigenvalue weighted by molar-refractivity contribution is -0.125. The minimum atomic E-state index is -3.65. The Balaban J connectivity index is 1.39. The largest absolute Gasteiger partial charge is 0.366 e. The number of unbranched alkanes of at least 4 members (excludes halogenated alkanes) is 3. The highest BCUT2D eigenvalue weighted by Crippen LogP contribution is 2.66. The van der Waals surface area contributed by atoms with Crippen molar-refractivity contribution in [1.82, 2.24) is 20.7 Å². The van der Waals surface area contributed by atoms with Gasteiger partial charge in [0.2, 0.25) is 15.9 Å². The average molecular weight is 586 g/mol. The van der Waals surface area contributed by atoms with Crippen molar-refractivity contribution < 1.29 is 22.8 Å². The van der Waals surface area contributed by atoms with Crippen LogP contribution in [0.4, 0.5) is 4.79 Å². The van der Waals surface area contributed by atoms with Gasteiger partial charge in [-0.2, -0.15) is 0 Å². The molecule has 11 heteroatoms. The number of nitrogens with one attached hydrogen (secondary N) is 4. The van der Waals surface area contributed by atoms with Crippen molar-refractivity contribution in [2.45, 2.75) is 59.3 Å². The Kier molecular flexibility index (Phi) is 10.5. The van der Waals surface area contributed by atoms with Crippen LogP contribution in [0.2, 0.25) is 0 Å². The zero-order valence-corrected chi connectivity index (χ0v) is 25.0. The summed E-state index contributed by atoms with van der Waals surface area (Å²) in [6.45, 7) is 10.1. The van der Waals surface area contributed by atoms with Crippen LogP contribution in [0, 0.1) is 16.7 Å². The number of fused-ring (bicyclic) bond motifs is 2. The van der Waals surface area contributed by atoms with Crippen LogP contribution < -0.4 is 26.4 Å². The Labute approximate surface area is 243 Å². The van der Waals surface area contributed by atoms with Gasteiger partial charge in [-0.15, -0.1) is 0 Å². The number of amides is 3. The van der Waals surface area contributed by atoms with Crippen LogP contribution in [0.25, 0.3) is 6.08 Å².